The van der Waals surface area contributed by atoms with E-state index in [-0.39, 0.29) is 12.5 Å². The van der Waals surface area contributed by atoms with E-state index in [0.717, 1.165) is 5.56 Å². The molecule has 3 rings (SSSR count). The number of aromatic nitrogens is 1. The number of pyridine rings is 1. The van der Waals surface area contributed by atoms with Crippen molar-refractivity contribution >= 4 is 11.9 Å². The Balaban J connectivity index is 1.74. The molecule has 1 aromatic heterocycles. The molecule has 7 heteroatoms. The smallest absolute Gasteiger partial charge is 0.308 e. The molecule has 0 radical (unpaired) electrons. The highest BCUT2D eigenvalue weighted by molar-refractivity contribution is 5.95. The monoisotopic (exact) mass is 384 g/mol. The van der Waals surface area contributed by atoms with Gasteiger partial charge in [-0.3, -0.25) is 14.6 Å². The lowest BCUT2D eigenvalue weighted by Crippen LogP contribution is -2.42. The zero-order valence-corrected chi connectivity index (χ0v) is 15.8. The Kier molecular flexibility index (Phi) is 6.47. The van der Waals surface area contributed by atoms with Gasteiger partial charge in [-0.15, -0.1) is 0 Å². The Morgan fingerprint density at radius 3 is 2.82 bits per heavy atom. The Hall–Kier alpha value is -3.09. The quantitative estimate of drug-likeness (QED) is 0.789. The van der Waals surface area contributed by atoms with Crippen LogP contribution in [-0.2, 0) is 11.4 Å². The van der Waals surface area contributed by atoms with E-state index >= 15 is 0 Å². The second kappa shape index (κ2) is 9.21. The van der Waals surface area contributed by atoms with Crippen molar-refractivity contribution in [3.63, 3.8) is 0 Å². The first kappa shape index (κ1) is 19.7. The maximum absolute atomic E-state index is 12.8. The first-order valence-electron chi connectivity index (χ1n) is 9.39. The van der Waals surface area contributed by atoms with Crippen molar-refractivity contribution in [3.05, 3.63) is 53.9 Å². The van der Waals surface area contributed by atoms with Crippen molar-refractivity contribution in [2.24, 2.45) is 5.92 Å². The largest absolute Gasteiger partial charge is 0.490 e. The highest BCUT2D eigenvalue weighted by atomic mass is 16.5. The summed E-state index contributed by atoms with van der Waals surface area (Å²) in [7, 11) is 0. The molecule has 0 spiro atoms. The van der Waals surface area contributed by atoms with E-state index in [4.69, 9.17) is 9.47 Å². The van der Waals surface area contributed by atoms with Crippen LogP contribution in [0.1, 0.15) is 35.7 Å². The number of likely N-dealkylation sites (tertiary alicyclic amines) is 1. The number of amides is 1. The third kappa shape index (κ3) is 4.79. The highest BCUT2D eigenvalue weighted by Crippen LogP contribution is 2.30. The average Bonchev–Trinajstić information content (AvgIpc) is 2.73. The first-order chi connectivity index (χ1) is 13.6. The number of carboxylic acid groups (broad SMARTS) is 1. The van der Waals surface area contributed by atoms with Crippen molar-refractivity contribution in [2.45, 2.75) is 26.4 Å². The minimum Gasteiger partial charge on any atom is -0.490 e. The molecule has 2 heterocycles. The molecule has 7 nitrogen and oxygen atoms in total. The van der Waals surface area contributed by atoms with Crippen molar-refractivity contribution in [1.29, 1.82) is 0 Å². The van der Waals surface area contributed by atoms with Crippen LogP contribution in [0.5, 0.6) is 11.5 Å². The molecule has 1 fully saturated rings. The summed E-state index contributed by atoms with van der Waals surface area (Å²) in [5.41, 5.74) is 1.39. The van der Waals surface area contributed by atoms with Gasteiger partial charge in [0.25, 0.3) is 5.91 Å². The Morgan fingerprint density at radius 2 is 2.11 bits per heavy atom. The molecule has 1 unspecified atom stereocenters. The fourth-order valence-corrected chi connectivity index (χ4v) is 3.22. The van der Waals surface area contributed by atoms with Gasteiger partial charge in [-0.2, -0.15) is 0 Å². The number of ether oxygens (including phenoxy) is 2. The maximum Gasteiger partial charge on any atom is 0.308 e. The first-order valence-corrected chi connectivity index (χ1v) is 9.39. The summed E-state index contributed by atoms with van der Waals surface area (Å²) in [5.74, 6) is -0.517. The second-order valence-corrected chi connectivity index (χ2v) is 6.67. The molecule has 148 valence electrons. The average molecular weight is 384 g/mol. The number of benzene rings is 1. The van der Waals surface area contributed by atoms with Gasteiger partial charge in [0.2, 0.25) is 0 Å². The fourth-order valence-electron chi connectivity index (χ4n) is 3.22. The van der Waals surface area contributed by atoms with E-state index in [2.05, 4.69) is 4.98 Å². The van der Waals surface area contributed by atoms with Crippen LogP contribution >= 0.6 is 0 Å². The number of piperidine rings is 1. The number of carbonyl (C=O) groups is 2. The number of carbonyl (C=O) groups excluding carboxylic acids is 1. The van der Waals surface area contributed by atoms with Crippen LogP contribution in [0.4, 0.5) is 0 Å². The molecule has 1 aromatic carbocycles. The summed E-state index contributed by atoms with van der Waals surface area (Å²) in [5, 5.41) is 9.23. The summed E-state index contributed by atoms with van der Waals surface area (Å²) in [6, 6.07) is 8.82. The molecular formula is C21H24N2O5. The van der Waals surface area contributed by atoms with Crippen molar-refractivity contribution in [1.82, 2.24) is 9.88 Å². The van der Waals surface area contributed by atoms with E-state index in [1.165, 1.54) is 0 Å². The SMILES string of the molecule is CCOc1cc(C(=O)N2CCCC(C(=O)O)C2)ccc1OCc1cccnc1. The lowest BCUT2D eigenvalue weighted by Gasteiger charge is -2.30. The summed E-state index contributed by atoms with van der Waals surface area (Å²) in [4.78, 5) is 29.8. The van der Waals surface area contributed by atoms with Gasteiger partial charge >= 0.3 is 5.97 Å². The van der Waals surface area contributed by atoms with Gasteiger partial charge in [-0.05, 0) is 44.0 Å². The lowest BCUT2D eigenvalue weighted by molar-refractivity contribution is -0.143. The van der Waals surface area contributed by atoms with Gasteiger partial charge in [-0.25, -0.2) is 0 Å². The molecule has 0 bridgehead atoms. The van der Waals surface area contributed by atoms with Crippen LogP contribution in [0.15, 0.2) is 42.7 Å². The zero-order chi connectivity index (χ0) is 19.9. The third-order valence-electron chi connectivity index (χ3n) is 4.67. The second-order valence-electron chi connectivity index (χ2n) is 6.67. The number of hydrogen-bond acceptors (Lipinski definition) is 5. The van der Waals surface area contributed by atoms with Crippen LogP contribution in [0.3, 0.4) is 0 Å². The Bertz CT molecular complexity index is 825. The van der Waals surface area contributed by atoms with Gasteiger partial charge < -0.3 is 19.5 Å². The number of aliphatic carboxylic acids is 1. The lowest BCUT2D eigenvalue weighted by atomic mass is 9.97. The number of nitrogens with zero attached hydrogens (tertiary/aromatic N) is 2. The molecule has 1 N–H and O–H groups in total. The molecule has 1 atom stereocenters. The number of rotatable bonds is 7. The molecule has 0 saturated carbocycles. The standard InChI is InChI=1S/C21H24N2O5/c1-2-27-19-11-16(20(24)23-10-4-6-17(13-23)21(25)26)7-8-18(19)28-14-15-5-3-9-22-12-15/h3,5,7-9,11-12,17H,2,4,6,10,13-14H2,1H3,(H,25,26). The van der Waals surface area contributed by atoms with Crippen LogP contribution in [0.25, 0.3) is 0 Å². The summed E-state index contributed by atoms with van der Waals surface area (Å²) < 4.78 is 11.5. The summed E-state index contributed by atoms with van der Waals surface area (Å²) in [6.07, 6.45) is 4.72. The predicted octanol–water partition coefficient (Wildman–Crippen LogP) is 3.00. The minimum absolute atomic E-state index is 0.189. The van der Waals surface area contributed by atoms with E-state index in [9.17, 15) is 14.7 Å². The van der Waals surface area contributed by atoms with Crippen molar-refractivity contribution < 1.29 is 24.2 Å². The van der Waals surface area contributed by atoms with Gasteiger partial charge in [0.15, 0.2) is 11.5 Å². The molecule has 1 aliphatic heterocycles. The van der Waals surface area contributed by atoms with Crippen molar-refractivity contribution in [2.75, 3.05) is 19.7 Å². The normalized spacial score (nSPS) is 16.5. The van der Waals surface area contributed by atoms with Gasteiger partial charge in [-0.1, -0.05) is 6.07 Å². The molecule has 1 amide bonds. The van der Waals surface area contributed by atoms with E-state index in [0.29, 0.717) is 49.7 Å². The Morgan fingerprint density at radius 1 is 1.25 bits per heavy atom. The summed E-state index contributed by atoms with van der Waals surface area (Å²) >= 11 is 0. The maximum atomic E-state index is 12.8. The topological polar surface area (TPSA) is 89.0 Å². The molecule has 2 aromatic rings. The van der Waals surface area contributed by atoms with Crippen LogP contribution < -0.4 is 9.47 Å². The van der Waals surface area contributed by atoms with Crippen molar-refractivity contribution in [3.8, 4) is 11.5 Å². The fraction of sp³-hybridized carbons (Fsp3) is 0.381. The highest BCUT2D eigenvalue weighted by Gasteiger charge is 2.29. The Labute approximate surface area is 163 Å². The summed E-state index contributed by atoms with van der Waals surface area (Å²) in [6.45, 7) is 3.43. The van der Waals surface area contributed by atoms with Crippen LogP contribution in [0.2, 0.25) is 0 Å². The minimum atomic E-state index is -0.855. The van der Waals surface area contributed by atoms with Gasteiger partial charge in [0.1, 0.15) is 6.61 Å². The van der Waals surface area contributed by atoms with E-state index < -0.39 is 11.9 Å². The van der Waals surface area contributed by atoms with E-state index in [1.54, 1.807) is 35.5 Å². The van der Waals surface area contributed by atoms with Gasteiger partial charge in [0.05, 0.1) is 12.5 Å². The number of carboxylic acids is 1. The molecule has 1 aliphatic rings. The predicted molar refractivity (Wildman–Crippen MR) is 102 cm³/mol. The molecule has 1 saturated heterocycles. The van der Waals surface area contributed by atoms with Crippen LogP contribution in [-0.4, -0.2) is 46.6 Å². The number of hydrogen-bond donors (Lipinski definition) is 1. The van der Waals surface area contributed by atoms with Gasteiger partial charge in [0, 0.05) is 36.6 Å². The van der Waals surface area contributed by atoms with Crippen LogP contribution in [0, 0.1) is 5.92 Å². The van der Waals surface area contributed by atoms with E-state index in [1.807, 2.05) is 19.1 Å². The molecule has 28 heavy (non-hydrogen) atoms. The zero-order valence-electron chi connectivity index (χ0n) is 15.8. The molecular weight excluding hydrogens is 360 g/mol. The molecule has 0 aliphatic carbocycles. The third-order valence-corrected chi connectivity index (χ3v) is 4.67.